The molecule has 3 aromatic carbocycles. The van der Waals surface area contributed by atoms with E-state index in [-0.39, 0.29) is 11.3 Å². The summed E-state index contributed by atoms with van der Waals surface area (Å²) >= 11 is 0. The Labute approximate surface area is 178 Å². The van der Waals surface area contributed by atoms with Gasteiger partial charge in [0.05, 0.1) is 27.0 Å². The van der Waals surface area contributed by atoms with E-state index in [9.17, 15) is 9.59 Å². The monoisotopic (exact) mass is 416 g/mol. The van der Waals surface area contributed by atoms with Crippen molar-refractivity contribution in [3.8, 4) is 22.7 Å². The molecule has 0 fully saturated rings. The number of aromatic nitrogens is 2. The minimum absolute atomic E-state index is 0.00498. The molecule has 0 unspecified atom stereocenters. The SMILES string of the molecule is COC(=O)c1c(-c2ccc3cc(OC)ccc3c2)nn(-c2ccccc2)c1C(=O)OC. The number of ether oxygens (including phenoxy) is 3. The van der Waals surface area contributed by atoms with E-state index in [0.717, 1.165) is 16.5 Å². The first-order chi connectivity index (χ1) is 15.1. The molecule has 1 heterocycles. The highest BCUT2D eigenvalue weighted by molar-refractivity contribution is 6.07. The first-order valence-corrected chi connectivity index (χ1v) is 9.50. The first-order valence-electron chi connectivity index (χ1n) is 9.50. The molecule has 7 nitrogen and oxygen atoms in total. The molecule has 0 aliphatic rings. The standard InChI is InChI=1S/C24H20N2O5/c1-29-19-12-11-15-13-17(10-9-16(15)14-19)21-20(23(27)30-2)22(24(28)31-3)26(25-21)18-7-5-4-6-8-18/h4-14H,1-3H3. The minimum Gasteiger partial charge on any atom is -0.497 e. The predicted molar refractivity (Wildman–Crippen MR) is 116 cm³/mol. The molecular formula is C24H20N2O5. The van der Waals surface area contributed by atoms with E-state index in [1.807, 2.05) is 54.6 Å². The number of hydrogen-bond acceptors (Lipinski definition) is 6. The average Bonchev–Trinajstić information content (AvgIpc) is 3.23. The van der Waals surface area contributed by atoms with Gasteiger partial charge in [0, 0.05) is 5.56 Å². The molecule has 0 aliphatic carbocycles. The summed E-state index contributed by atoms with van der Waals surface area (Å²) in [5.74, 6) is -0.613. The number of methoxy groups -OCH3 is 3. The molecule has 0 N–H and O–H groups in total. The van der Waals surface area contributed by atoms with Crippen LogP contribution >= 0.6 is 0 Å². The van der Waals surface area contributed by atoms with Crippen LogP contribution in [0, 0.1) is 0 Å². The largest absolute Gasteiger partial charge is 0.497 e. The van der Waals surface area contributed by atoms with Crippen molar-refractivity contribution in [1.29, 1.82) is 0 Å². The topological polar surface area (TPSA) is 79.7 Å². The third-order valence-electron chi connectivity index (χ3n) is 4.98. The van der Waals surface area contributed by atoms with Gasteiger partial charge in [-0.25, -0.2) is 14.3 Å². The van der Waals surface area contributed by atoms with E-state index in [2.05, 4.69) is 5.10 Å². The fourth-order valence-corrected chi connectivity index (χ4v) is 3.45. The van der Waals surface area contributed by atoms with Gasteiger partial charge in [-0.15, -0.1) is 0 Å². The first kappa shape index (κ1) is 20.2. The molecule has 7 heteroatoms. The predicted octanol–water partition coefficient (Wildman–Crippen LogP) is 4.27. The van der Waals surface area contributed by atoms with Gasteiger partial charge in [-0.05, 0) is 41.1 Å². The summed E-state index contributed by atoms with van der Waals surface area (Å²) < 4.78 is 16.6. The third-order valence-corrected chi connectivity index (χ3v) is 4.98. The summed E-state index contributed by atoms with van der Waals surface area (Å²) in [4.78, 5) is 25.4. The number of fused-ring (bicyclic) bond motifs is 1. The zero-order valence-electron chi connectivity index (χ0n) is 17.3. The molecule has 0 aliphatic heterocycles. The van der Waals surface area contributed by atoms with E-state index < -0.39 is 11.9 Å². The van der Waals surface area contributed by atoms with Gasteiger partial charge in [0.15, 0.2) is 5.69 Å². The van der Waals surface area contributed by atoms with Crippen LogP contribution in [0.25, 0.3) is 27.7 Å². The van der Waals surface area contributed by atoms with Crippen LogP contribution in [0.3, 0.4) is 0 Å². The zero-order chi connectivity index (χ0) is 22.0. The van der Waals surface area contributed by atoms with Gasteiger partial charge in [-0.1, -0.05) is 36.4 Å². The molecule has 1 aromatic heterocycles. The number of carbonyl (C=O) groups excluding carboxylic acids is 2. The Morgan fingerprint density at radius 1 is 0.806 bits per heavy atom. The Morgan fingerprint density at radius 3 is 2.16 bits per heavy atom. The van der Waals surface area contributed by atoms with Crippen LogP contribution in [0.5, 0.6) is 5.75 Å². The Morgan fingerprint density at radius 2 is 1.48 bits per heavy atom. The van der Waals surface area contributed by atoms with Crippen molar-refractivity contribution >= 4 is 22.7 Å². The minimum atomic E-state index is -0.687. The van der Waals surface area contributed by atoms with Gasteiger partial charge < -0.3 is 14.2 Å². The van der Waals surface area contributed by atoms with E-state index in [4.69, 9.17) is 14.2 Å². The number of carbonyl (C=O) groups is 2. The number of para-hydroxylation sites is 1. The average molecular weight is 416 g/mol. The smallest absolute Gasteiger partial charge is 0.357 e. The van der Waals surface area contributed by atoms with Crippen LogP contribution in [0.4, 0.5) is 0 Å². The van der Waals surface area contributed by atoms with Crippen LogP contribution in [0.15, 0.2) is 66.7 Å². The van der Waals surface area contributed by atoms with Crippen molar-refractivity contribution < 1.29 is 23.8 Å². The van der Waals surface area contributed by atoms with E-state index >= 15 is 0 Å². The summed E-state index contributed by atoms with van der Waals surface area (Å²) in [6, 6.07) is 20.4. The van der Waals surface area contributed by atoms with Gasteiger partial charge in [0.2, 0.25) is 0 Å². The number of esters is 2. The maximum atomic E-state index is 12.7. The van der Waals surface area contributed by atoms with Crippen LogP contribution in [-0.2, 0) is 9.47 Å². The lowest BCUT2D eigenvalue weighted by molar-refractivity contribution is 0.0549. The Balaban J connectivity index is 1.99. The van der Waals surface area contributed by atoms with Gasteiger partial charge in [0.1, 0.15) is 17.0 Å². The van der Waals surface area contributed by atoms with Crippen LogP contribution in [0.2, 0.25) is 0 Å². The highest BCUT2D eigenvalue weighted by Crippen LogP contribution is 2.32. The van der Waals surface area contributed by atoms with E-state index in [0.29, 0.717) is 16.9 Å². The molecule has 0 spiro atoms. The van der Waals surface area contributed by atoms with Crippen molar-refractivity contribution in [2.45, 2.75) is 0 Å². The third kappa shape index (κ3) is 3.61. The van der Waals surface area contributed by atoms with E-state index in [1.165, 1.54) is 18.9 Å². The van der Waals surface area contributed by atoms with Crippen LogP contribution in [0.1, 0.15) is 20.8 Å². The maximum Gasteiger partial charge on any atom is 0.357 e. The Hall–Kier alpha value is -4.13. The molecular weight excluding hydrogens is 396 g/mol. The lowest BCUT2D eigenvalue weighted by atomic mass is 10.0. The van der Waals surface area contributed by atoms with Gasteiger partial charge in [-0.2, -0.15) is 5.10 Å². The molecule has 0 saturated carbocycles. The second-order valence-electron chi connectivity index (χ2n) is 6.73. The molecule has 0 saturated heterocycles. The lowest BCUT2D eigenvalue weighted by Gasteiger charge is -2.07. The summed E-state index contributed by atoms with van der Waals surface area (Å²) in [5, 5.41) is 6.52. The lowest BCUT2D eigenvalue weighted by Crippen LogP contribution is -2.15. The van der Waals surface area contributed by atoms with E-state index in [1.54, 1.807) is 19.2 Å². The molecule has 0 radical (unpaired) electrons. The number of benzene rings is 3. The van der Waals surface area contributed by atoms with Crippen LogP contribution in [-0.4, -0.2) is 43.0 Å². The number of rotatable bonds is 5. The van der Waals surface area contributed by atoms with Gasteiger partial charge in [-0.3, -0.25) is 0 Å². The van der Waals surface area contributed by atoms with Crippen LogP contribution < -0.4 is 4.74 Å². The van der Waals surface area contributed by atoms with Crippen molar-refractivity contribution in [3.63, 3.8) is 0 Å². The molecule has 4 rings (SSSR count). The molecule has 4 aromatic rings. The number of hydrogen-bond donors (Lipinski definition) is 0. The molecule has 156 valence electrons. The summed E-state index contributed by atoms with van der Waals surface area (Å²) in [5.41, 5.74) is 1.66. The fourth-order valence-electron chi connectivity index (χ4n) is 3.45. The Kier molecular flexibility index (Phi) is 5.41. The molecule has 0 bridgehead atoms. The quantitative estimate of drug-likeness (QED) is 0.452. The highest BCUT2D eigenvalue weighted by atomic mass is 16.5. The summed E-state index contributed by atoms with van der Waals surface area (Å²) in [6.45, 7) is 0. The fraction of sp³-hybridized carbons (Fsp3) is 0.125. The summed E-state index contributed by atoms with van der Waals surface area (Å²) in [7, 11) is 4.14. The second kappa shape index (κ2) is 8.31. The second-order valence-corrected chi connectivity index (χ2v) is 6.73. The highest BCUT2D eigenvalue weighted by Gasteiger charge is 2.31. The summed E-state index contributed by atoms with van der Waals surface area (Å²) in [6.07, 6.45) is 0. The zero-order valence-corrected chi connectivity index (χ0v) is 17.3. The van der Waals surface area contributed by atoms with Crippen molar-refractivity contribution in [2.75, 3.05) is 21.3 Å². The normalized spacial score (nSPS) is 10.7. The van der Waals surface area contributed by atoms with Crippen molar-refractivity contribution in [3.05, 3.63) is 78.0 Å². The van der Waals surface area contributed by atoms with Gasteiger partial charge >= 0.3 is 11.9 Å². The molecule has 31 heavy (non-hydrogen) atoms. The molecule has 0 amide bonds. The van der Waals surface area contributed by atoms with Crippen molar-refractivity contribution in [2.24, 2.45) is 0 Å². The maximum absolute atomic E-state index is 12.7. The molecule has 0 atom stereocenters. The van der Waals surface area contributed by atoms with Gasteiger partial charge in [0.25, 0.3) is 0 Å². The van der Waals surface area contributed by atoms with Crippen molar-refractivity contribution in [1.82, 2.24) is 9.78 Å². The Bertz CT molecular complexity index is 1280. The number of nitrogens with zero attached hydrogens (tertiary/aromatic N) is 2.